The van der Waals surface area contributed by atoms with Crippen LogP contribution < -0.4 is 27.4 Å². The summed E-state index contributed by atoms with van der Waals surface area (Å²) < 4.78 is 0. The van der Waals surface area contributed by atoms with E-state index in [-0.39, 0.29) is 25.0 Å². The van der Waals surface area contributed by atoms with Crippen molar-refractivity contribution in [1.82, 2.24) is 20.9 Å². The number of carboxylic acids is 1. The first-order valence-electron chi connectivity index (χ1n) is 15.6. The second kappa shape index (κ2) is 16.9. The van der Waals surface area contributed by atoms with E-state index in [1.165, 1.54) is 12.1 Å². The number of para-hydroxylation sites is 1. The van der Waals surface area contributed by atoms with E-state index in [0.29, 0.717) is 31.4 Å². The molecule has 4 aromatic rings. The lowest BCUT2D eigenvalue weighted by Gasteiger charge is -2.25. The summed E-state index contributed by atoms with van der Waals surface area (Å²) in [4.78, 5) is 56.1. The summed E-state index contributed by atoms with van der Waals surface area (Å²) in [5.41, 5.74) is 14.6. The molecule has 248 valence electrons. The SMILES string of the molecule is NCCCCC(N)C(=O)NC(Cc1ccc(O)cc1)C(=O)NC(Cc1c[nH]c2ccccc12)C(=O)NC(Cc1ccccc1)C(=O)O. The van der Waals surface area contributed by atoms with Gasteiger partial charge in [-0.15, -0.1) is 0 Å². The van der Waals surface area contributed by atoms with Crippen molar-refractivity contribution < 1.29 is 29.4 Å². The fraction of sp³-hybridized carbons (Fsp3) is 0.314. The van der Waals surface area contributed by atoms with Crippen molar-refractivity contribution in [3.63, 3.8) is 0 Å². The van der Waals surface area contributed by atoms with E-state index in [1.54, 1.807) is 42.6 Å². The van der Waals surface area contributed by atoms with Crippen LogP contribution >= 0.6 is 0 Å². The molecule has 0 radical (unpaired) electrons. The van der Waals surface area contributed by atoms with Crippen LogP contribution in [-0.4, -0.2) is 69.6 Å². The highest BCUT2D eigenvalue weighted by molar-refractivity contribution is 5.95. The van der Waals surface area contributed by atoms with Gasteiger partial charge in [0, 0.05) is 36.4 Å². The van der Waals surface area contributed by atoms with E-state index in [2.05, 4.69) is 20.9 Å². The van der Waals surface area contributed by atoms with Crippen LogP contribution in [-0.2, 0) is 38.4 Å². The van der Waals surface area contributed by atoms with E-state index in [9.17, 15) is 29.4 Å². The molecule has 4 unspecified atom stereocenters. The molecular weight excluding hydrogens is 600 g/mol. The average Bonchev–Trinajstić information content (AvgIpc) is 3.47. The van der Waals surface area contributed by atoms with Gasteiger partial charge in [0.25, 0.3) is 0 Å². The quantitative estimate of drug-likeness (QED) is 0.0795. The Hall–Kier alpha value is -5.20. The Balaban J connectivity index is 1.59. The lowest BCUT2D eigenvalue weighted by Crippen LogP contribution is -2.58. The van der Waals surface area contributed by atoms with Crippen LogP contribution in [0.25, 0.3) is 10.9 Å². The Kier molecular flexibility index (Phi) is 12.5. The summed E-state index contributed by atoms with van der Waals surface area (Å²) in [6, 6.07) is 18.1. The van der Waals surface area contributed by atoms with Crippen LogP contribution in [0.4, 0.5) is 0 Å². The number of fused-ring (bicyclic) bond motifs is 1. The molecule has 3 aromatic carbocycles. The number of amides is 3. The second-order valence-electron chi connectivity index (χ2n) is 11.5. The summed E-state index contributed by atoms with van der Waals surface area (Å²) in [6.07, 6.45) is 3.58. The lowest BCUT2D eigenvalue weighted by molar-refractivity contribution is -0.142. The molecule has 0 spiro atoms. The van der Waals surface area contributed by atoms with Crippen molar-refractivity contribution in [1.29, 1.82) is 0 Å². The maximum absolute atomic E-state index is 13.9. The molecule has 0 aliphatic carbocycles. The predicted molar refractivity (Wildman–Crippen MR) is 178 cm³/mol. The van der Waals surface area contributed by atoms with E-state index in [0.717, 1.165) is 22.0 Å². The number of H-pyrrole nitrogens is 1. The number of nitrogens with two attached hydrogens (primary N) is 2. The van der Waals surface area contributed by atoms with Crippen LogP contribution in [0.3, 0.4) is 0 Å². The van der Waals surface area contributed by atoms with Gasteiger partial charge in [-0.25, -0.2) is 4.79 Å². The predicted octanol–water partition coefficient (Wildman–Crippen LogP) is 1.90. The van der Waals surface area contributed by atoms with E-state index < -0.39 is 47.9 Å². The smallest absolute Gasteiger partial charge is 0.326 e. The Morgan fingerprint density at radius 3 is 1.96 bits per heavy atom. The van der Waals surface area contributed by atoms with E-state index >= 15 is 0 Å². The number of aromatic hydroxyl groups is 1. The number of phenolic OH excluding ortho intramolecular Hbond substituents is 1. The third-order valence-corrected chi connectivity index (χ3v) is 7.94. The zero-order valence-electron chi connectivity index (χ0n) is 26.0. The number of aliphatic carboxylic acids is 1. The minimum absolute atomic E-state index is 0.0389. The number of benzene rings is 3. The molecule has 47 heavy (non-hydrogen) atoms. The Morgan fingerprint density at radius 1 is 0.702 bits per heavy atom. The van der Waals surface area contributed by atoms with Gasteiger partial charge < -0.3 is 42.6 Å². The molecule has 10 N–H and O–H groups in total. The van der Waals surface area contributed by atoms with Gasteiger partial charge in [-0.05, 0) is 54.3 Å². The monoisotopic (exact) mass is 642 g/mol. The molecule has 12 heteroatoms. The average molecular weight is 643 g/mol. The molecule has 0 saturated heterocycles. The molecule has 4 atom stereocenters. The number of hydrogen-bond acceptors (Lipinski definition) is 7. The van der Waals surface area contributed by atoms with Gasteiger partial charge in [0.2, 0.25) is 17.7 Å². The number of aromatic amines is 1. The minimum Gasteiger partial charge on any atom is -0.508 e. The molecule has 0 saturated carbocycles. The number of unbranched alkanes of at least 4 members (excludes halogenated alkanes) is 1. The van der Waals surface area contributed by atoms with Gasteiger partial charge in [-0.2, -0.15) is 0 Å². The fourth-order valence-electron chi connectivity index (χ4n) is 5.32. The van der Waals surface area contributed by atoms with E-state index in [1.807, 2.05) is 30.3 Å². The molecule has 0 aliphatic rings. The summed E-state index contributed by atoms with van der Waals surface area (Å²) in [5, 5.41) is 28.6. The Bertz CT molecular complexity index is 1640. The third kappa shape index (κ3) is 10.1. The molecule has 0 aliphatic heterocycles. The van der Waals surface area contributed by atoms with Crippen molar-refractivity contribution in [2.24, 2.45) is 11.5 Å². The van der Waals surface area contributed by atoms with Gasteiger partial charge in [0.15, 0.2) is 0 Å². The van der Waals surface area contributed by atoms with Crippen LogP contribution in [0.5, 0.6) is 5.75 Å². The number of carboxylic acid groups (broad SMARTS) is 1. The molecule has 1 aromatic heterocycles. The Labute approximate surface area is 272 Å². The number of phenols is 1. The van der Waals surface area contributed by atoms with Crippen LogP contribution in [0.1, 0.15) is 36.0 Å². The maximum Gasteiger partial charge on any atom is 0.326 e. The molecule has 0 fully saturated rings. The molecule has 0 bridgehead atoms. The van der Waals surface area contributed by atoms with Crippen molar-refractivity contribution >= 4 is 34.6 Å². The molecule has 3 amide bonds. The maximum atomic E-state index is 13.9. The third-order valence-electron chi connectivity index (χ3n) is 7.94. The summed E-state index contributed by atoms with van der Waals surface area (Å²) in [6.45, 7) is 0.466. The van der Waals surface area contributed by atoms with Crippen molar-refractivity contribution in [2.45, 2.75) is 62.7 Å². The molecule has 12 nitrogen and oxygen atoms in total. The van der Waals surface area contributed by atoms with Crippen molar-refractivity contribution in [2.75, 3.05) is 6.54 Å². The number of nitrogens with one attached hydrogen (secondary N) is 4. The number of carbonyl (C=O) groups excluding carboxylic acids is 3. The van der Waals surface area contributed by atoms with Gasteiger partial charge in [-0.1, -0.05) is 67.1 Å². The summed E-state index contributed by atoms with van der Waals surface area (Å²) >= 11 is 0. The number of rotatable bonds is 17. The highest BCUT2D eigenvalue weighted by Gasteiger charge is 2.31. The zero-order chi connectivity index (χ0) is 33.8. The molecular formula is C35H42N6O6. The van der Waals surface area contributed by atoms with Gasteiger partial charge in [-0.3, -0.25) is 14.4 Å². The second-order valence-corrected chi connectivity index (χ2v) is 11.5. The highest BCUT2D eigenvalue weighted by atomic mass is 16.4. The van der Waals surface area contributed by atoms with Gasteiger partial charge in [0.05, 0.1) is 6.04 Å². The minimum atomic E-state index is -1.26. The van der Waals surface area contributed by atoms with E-state index in [4.69, 9.17) is 11.5 Å². The number of aromatic nitrogens is 1. The van der Waals surface area contributed by atoms with Crippen molar-refractivity contribution in [3.05, 3.63) is 102 Å². The standard InChI is InChI=1S/C35H42N6O6/c36-17-7-6-11-27(37)32(43)39-29(18-23-13-15-25(42)16-14-23)33(44)40-30(20-24-21-38-28-12-5-4-10-26(24)28)34(45)41-31(35(46)47)19-22-8-2-1-3-9-22/h1-5,8-10,12-16,21,27,29-31,38,42H,6-7,11,17-20,36-37H2,(H,39,43)(H,40,44)(H,41,45)(H,46,47). The Morgan fingerprint density at radius 2 is 1.28 bits per heavy atom. The summed E-state index contributed by atoms with van der Waals surface area (Å²) in [5.74, 6) is -3.07. The largest absolute Gasteiger partial charge is 0.508 e. The number of carbonyl (C=O) groups is 4. The van der Waals surface area contributed by atoms with Gasteiger partial charge in [0.1, 0.15) is 23.9 Å². The fourth-order valence-corrected chi connectivity index (χ4v) is 5.32. The topological polar surface area (TPSA) is 213 Å². The summed E-state index contributed by atoms with van der Waals surface area (Å²) in [7, 11) is 0. The first-order chi connectivity index (χ1) is 22.6. The molecule has 1 heterocycles. The van der Waals surface area contributed by atoms with Crippen LogP contribution in [0.15, 0.2) is 85.1 Å². The normalized spacial score (nSPS) is 13.7. The highest BCUT2D eigenvalue weighted by Crippen LogP contribution is 2.20. The molecule has 4 rings (SSSR count). The zero-order valence-corrected chi connectivity index (χ0v) is 26.0. The van der Waals surface area contributed by atoms with Crippen LogP contribution in [0, 0.1) is 0 Å². The van der Waals surface area contributed by atoms with Crippen LogP contribution in [0.2, 0.25) is 0 Å². The number of hydrogen-bond donors (Lipinski definition) is 8. The first-order valence-corrected chi connectivity index (χ1v) is 15.6. The van der Waals surface area contributed by atoms with Crippen molar-refractivity contribution in [3.8, 4) is 5.75 Å². The van der Waals surface area contributed by atoms with Gasteiger partial charge >= 0.3 is 5.97 Å². The lowest BCUT2D eigenvalue weighted by atomic mass is 10.0. The first kappa shape index (κ1) is 34.7.